The van der Waals surface area contributed by atoms with Crippen LogP contribution in [0.5, 0.6) is 0 Å². The number of nitriles is 1. The number of carboxylic acid groups (broad SMARTS) is 1. The molecule has 1 unspecified atom stereocenters. The van der Waals surface area contributed by atoms with Crippen LogP contribution in [-0.4, -0.2) is 22.0 Å². The van der Waals surface area contributed by atoms with Gasteiger partial charge in [0, 0.05) is 18.0 Å². The highest BCUT2D eigenvalue weighted by atomic mass is 16.4. The minimum atomic E-state index is -1.22. The van der Waals surface area contributed by atoms with Crippen molar-refractivity contribution in [1.82, 2.24) is 10.3 Å². The van der Waals surface area contributed by atoms with Gasteiger partial charge in [0.15, 0.2) is 0 Å². The van der Waals surface area contributed by atoms with Crippen LogP contribution in [0.4, 0.5) is 0 Å². The first-order valence-electron chi connectivity index (χ1n) is 7.30. The number of nitrogens with zero attached hydrogens (tertiary/aromatic N) is 2. The molecule has 2 N–H and O–H groups in total. The Balaban J connectivity index is 2.33. The van der Waals surface area contributed by atoms with Gasteiger partial charge in [-0.15, -0.1) is 0 Å². The van der Waals surface area contributed by atoms with Crippen molar-refractivity contribution in [2.24, 2.45) is 5.41 Å². The van der Waals surface area contributed by atoms with Crippen LogP contribution in [0.15, 0.2) is 48.8 Å². The first kappa shape index (κ1) is 17.2. The molecule has 0 radical (unpaired) electrons. The van der Waals surface area contributed by atoms with Crippen LogP contribution in [0.2, 0.25) is 0 Å². The van der Waals surface area contributed by atoms with Gasteiger partial charge in [-0.1, -0.05) is 0 Å². The Labute approximate surface area is 139 Å². The quantitative estimate of drug-likeness (QED) is 0.880. The van der Waals surface area contributed by atoms with Crippen molar-refractivity contribution in [3.8, 4) is 6.07 Å². The summed E-state index contributed by atoms with van der Waals surface area (Å²) in [7, 11) is 0. The van der Waals surface area contributed by atoms with Crippen molar-refractivity contribution in [1.29, 1.82) is 5.26 Å². The van der Waals surface area contributed by atoms with E-state index in [1.54, 1.807) is 50.5 Å². The SMILES string of the molecule is CC(C)(C(=O)O)C(NC(=O)c1ccc(C#N)cc1)c1ccncc1. The van der Waals surface area contributed by atoms with Crippen LogP contribution in [0.3, 0.4) is 0 Å². The van der Waals surface area contributed by atoms with E-state index < -0.39 is 23.3 Å². The third-order valence-corrected chi connectivity index (χ3v) is 3.86. The molecule has 0 aliphatic carbocycles. The molecule has 0 aliphatic rings. The van der Waals surface area contributed by atoms with Gasteiger partial charge in [0.2, 0.25) is 0 Å². The number of pyridine rings is 1. The molecule has 2 rings (SSSR count). The molecule has 0 fully saturated rings. The zero-order chi connectivity index (χ0) is 17.7. The molecule has 1 amide bonds. The Kier molecular flexibility index (Phi) is 4.95. The molecule has 0 saturated carbocycles. The molecular formula is C18H17N3O3. The molecule has 2 aromatic rings. The van der Waals surface area contributed by atoms with E-state index in [0.717, 1.165) is 0 Å². The number of rotatable bonds is 5. The Bertz CT molecular complexity index is 777. The van der Waals surface area contributed by atoms with Gasteiger partial charge in [-0.2, -0.15) is 5.26 Å². The zero-order valence-corrected chi connectivity index (χ0v) is 13.4. The number of carbonyl (C=O) groups is 2. The number of carbonyl (C=O) groups excluding carboxylic acids is 1. The summed E-state index contributed by atoms with van der Waals surface area (Å²) in [5.74, 6) is -1.43. The van der Waals surface area contributed by atoms with E-state index in [4.69, 9.17) is 5.26 Å². The number of hydrogen-bond donors (Lipinski definition) is 2. The predicted molar refractivity (Wildman–Crippen MR) is 87.0 cm³/mol. The summed E-state index contributed by atoms with van der Waals surface area (Å²) in [6.07, 6.45) is 3.10. The van der Waals surface area contributed by atoms with E-state index in [0.29, 0.717) is 16.7 Å². The Hall–Kier alpha value is -3.20. The van der Waals surface area contributed by atoms with Gasteiger partial charge in [-0.3, -0.25) is 14.6 Å². The highest BCUT2D eigenvalue weighted by Crippen LogP contribution is 2.33. The summed E-state index contributed by atoms with van der Waals surface area (Å²) >= 11 is 0. The first-order chi connectivity index (χ1) is 11.4. The first-order valence-corrected chi connectivity index (χ1v) is 7.30. The molecule has 6 nitrogen and oxygen atoms in total. The summed E-state index contributed by atoms with van der Waals surface area (Å²) in [5.41, 5.74) is 0.237. The summed E-state index contributed by atoms with van der Waals surface area (Å²) in [5, 5.41) is 21.1. The smallest absolute Gasteiger partial charge is 0.311 e. The maximum atomic E-state index is 12.5. The lowest BCUT2D eigenvalue weighted by Gasteiger charge is -2.31. The second-order valence-electron chi connectivity index (χ2n) is 5.90. The lowest BCUT2D eigenvalue weighted by molar-refractivity contribution is -0.148. The highest BCUT2D eigenvalue weighted by Gasteiger charge is 2.39. The number of nitrogens with one attached hydrogen (secondary N) is 1. The third-order valence-electron chi connectivity index (χ3n) is 3.86. The molecule has 24 heavy (non-hydrogen) atoms. The summed E-state index contributed by atoms with van der Waals surface area (Å²) in [6, 6.07) is 10.7. The number of hydrogen-bond acceptors (Lipinski definition) is 4. The van der Waals surface area contributed by atoms with Crippen molar-refractivity contribution in [3.63, 3.8) is 0 Å². The van der Waals surface area contributed by atoms with Gasteiger partial charge >= 0.3 is 5.97 Å². The second-order valence-corrected chi connectivity index (χ2v) is 5.90. The van der Waals surface area contributed by atoms with Crippen molar-refractivity contribution < 1.29 is 14.7 Å². The fourth-order valence-corrected chi connectivity index (χ4v) is 2.27. The number of aromatic nitrogens is 1. The second kappa shape index (κ2) is 6.92. The molecule has 122 valence electrons. The van der Waals surface area contributed by atoms with Crippen LogP contribution < -0.4 is 5.32 Å². The van der Waals surface area contributed by atoms with Crippen molar-refractivity contribution in [2.45, 2.75) is 19.9 Å². The Morgan fingerprint density at radius 3 is 2.25 bits per heavy atom. The van der Waals surface area contributed by atoms with E-state index >= 15 is 0 Å². The Morgan fingerprint density at radius 2 is 1.75 bits per heavy atom. The van der Waals surface area contributed by atoms with Crippen molar-refractivity contribution in [3.05, 3.63) is 65.5 Å². The maximum Gasteiger partial charge on any atom is 0.311 e. The molecule has 1 atom stereocenters. The van der Waals surface area contributed by atoms with E-state index in [1.165, 1.54) is 12.1 Å². The van der Waals surface area contributed by atoms with Crippen LogP contribution in [-0.2, 0) is 4.79 Å². The average Bonchev–Trinajstić information content (AvgIpc) is 2.60. The molecule has 1 aromatic carbocycles. The van der Waals surface area contributed by atoms with E-state index in [9.17, 15) is 14.7 Å². The van der Waals surface area contributed by atoms with Crippen molar-refractivity contribution in [2.75, 3.05) is 0 Å². The molecule has 0 bridgehead atoms. The fraction of sp³-hybridized carbons (Fsp3) is 0.222. The van der Waals surface area contributed by atoms with Gasteiger partial charge in [-0.05, 0) is 55.8 Å². The molecule has 0 saturated heterocycles. The predicted octanol–water partition coefficient (Wildman–Crippen LogP) is 2.54. The average molecular weight is 323 g/mol. The summed E-state index contributed by atoms with van der Waals surface area (Å²) in [4.78, 5) is 28.0. The monoisotopic (exact) mass is 323 g/mol. The van der Waals surface area contributed by atoms with E-state index in [1.807, 2.05) is 6.07 Å². The van der Waals surface area contributed by atoms with Crippen LogP contribution in [0.25, 0.3) is 0 Å². The number of benzene rings is 1. The number of aliphatic carboxylic acids is 1. The standard InChI is InChI=1S/C18H17N3O3/c1-18(2,17(23)24)15(13-7-9-20-10-8-13)21-16(22)14-5-3-12(11-19)4-6-14/h3-10,15H,1-2H3,(H,21,22)(H,23,24). The topological polar surface area (TPSA) is 103 Å². The van der Waals surface area contributed by atoms with Gasteiger partial charge in [0.05, 0.1) is 23.1 Å². The zero-order valence-electron chi connectivity index (χ0n) is 13.4. The summed E-state index contributed by atoms with van der Waals surface area (Å²) < 4.78 is 0. The fourth-order valence-electron chi connectivity index (χ4n) is 2.27. The minimum Gasteiger partial charge on any atom is -0.481 e. The van der Waals surface area contributed by atoms with E-state index in [-0.39, 0.29) is 0 Å². The lowest BCUT2D eigenvalue weighted by atomic mass is 9.80. The third kappa shape index (κ3) is 3.58. The van der Waals surface area contributed by atoms with Gasteiger partial charge in [0.1, 0.15) is 0 Å². The number of amides is 1. The normalized spacial score (nSPS) is 12.0. The van der Waals surface area contributed by atoms with Crippen LogP contribution in [0.1, 0.15) is 41.4 Å². The largest absolute Gasteiger partial charge is 0.481 e. The maximum absolute atomic E-state index is 12.5. The lowest BCUT2D eigenvalue weighted by Crippen LogP contribution is -2.42. The van der Waals surface area contributed by atoms with Crippen molar-refractivity contribution >= 4 is 11.9 Å². The van der Waals surface area contributed by atoms with Crippen LogP contribution >= 0.6 is 0 Å². The molecule has 1 aromatic heterocycles. The molecular weight excluding hydrogens is 306 g/mol. The van der Waals surface area contributed by atoms with Gasteiger partial charge < -0.3 is 10.4 Å². The minimum absolute atomic E-state index is 0.356. The molecule has 0 aliphatic heterocycles. The molecule has 6 heteroatoms. The van der Waals surface area contributed by atoms with Gasteiger partial charge in [0.25, 0.3) is 5.91 Å². The molecule has 0 spiro atoms. The number of carboxylic acids is 1. The Morgan fingerprint density at radius 1 is 1.17 bits per heavy atom. The van der Waals surface area contributed by atoms with Crippen LogP contribution in [0, 0.1) is 16.7 Å². The van der Waals surface area contributed by atoms with E-state index in [2.05, 4.69) is 10.3 Å². The van der Waals surface area contributed by atoms with Gasteiger partial charge in [-0.25, -0.2) is 0 Å². The summed E-state index contributed by atoms with van der Waals surface area (Å²) in [6.45, 7) is 3.11. The molecule has 1 heterocycles. The highest BCUT2D eigenvalue weighted by molar-refractivity contribution is 5.95.